The maximum absolute atomic E-state index is 5.89. The van der Waals surface area contributed by atoms with Crippen LogP contribution >= 0.6 is 28.1 Å². The second-order valence-electron chi connectivity index (χ2n) is 4.29. The number of halogens is 1. The second kappa shape index (κ2) is 4.03. The molecule has 0 saturated carbocycles. The maximum atomic E-state index is 5.89. The molecule has 0 radical (unpaired) electrons. The first-order valence-electron chi connectivity index (χ1n) is 5.57. The standard InChI is InChI=1S/C13H11BrN2S/c14-7-4-5-11-9(6-7)12(13(15)17)8-2-1-3-10(8)16-11/h4-6H,1-3H2,(H2,15,17). The minimum atomic E-state index is 0.480. The average molecular weight is 307 g/mol. The highest BCUT2D eigenvalue weighted by molar-refractivity contribution is 9.10. The van der Waals surface area contributed by atoms with E-state index in [4.69, 9.17) is 22.9 Å². The van der Waals surface area contributed by atoms with E-state index in [-0.39, 0.29) is 0 Å². The fourth-order valence-electron chi connectivity index (χ4n) is 2.52. The van der Waals surface area contributed by atoms with Crippen LogP contribution in [0.1, 0.15) is 23.2 Å². The maximum Gasteiger partial charge on any atom is 0.105 e. The molecular weight excluding hydrogens is 296 g/mol. The molecule has 0 atom stereocenters. The Labute approximate surface area is 113 Å². The van der Waals surface area contributed by atoms with Crippen molar-refractivity contribution in [2.24, 2.45) is 5.73 Å². The van der Waals surface area contributed by atoms with Crippen molar-refractivity contribution >= 4 is 44.0 Å². The van der Waals surface area contributed by atoms with Crippen LogP contribution in [0.15, 0.2) is 22.7 Å². The number of nitrogens with zero attached hydrogens (tertiary/aromatic N) is 1. The fraction of sp³-hybridized carbons (Fsp3) is 0.231. The number of hydrogen-bond donors (Lipinski definition) is 1. The lowest BCUT2D eigenvalue weighted by Crippen LogP contribution is -2.14. The topological polar surface area (TPSA) is 38.9 Å². The Hall–Kier alpha value is -1.000. The third kappa shape index (κ3) is 1.76. The van der Waals surface area contributed by atoms with E-state index in [0.29, 0.717) is 4.99 Å². The molecule has 1 aromatic carbocycles. The Morgan fingerprint density at radius 1 is 1.35 bits per heavy atom. The van der Waals surface area contributed by atoms with E-state index in [1.807, 2.05) is 12.1 Å². The lowest BCUT2D eigenvalue weighted by atomic mass is 10.0. The van der Waals surface area contributed by atoms with E-state index in [2.05, 4.69) is 22.0 Å². The molecule has 0 saturated heterocycles. The normalized spacial score (nSPS) is 13.9. The summed E-state index contributed by atoms with van der Waals surface area (Å²) in [5.74, 6) is 0. The molecule has 1 aromatic heterocycles. The van der Waals surface area contributed by atoms with Crippen molar-refractivity contribution < 1.29 is 0 Å². The number of thiocarbonyl (C=S) groups is 1. The number of nitrogens with two attached hydrogens (primary N) is 1. The lowest BCUT2D eigenvalue weighted by molar-refractivity contribution is 0.901. The summed E-state index contributed by atoms with van der Waals surface area (Å²) in [7, 11) is 0. The molecule has 3 rings (SSSR count). The van der Waals surface area contributed by atoms with E-state index in [1.165, 1.54) is 11.3 Å². The highest BCUT2D eigenvalue weighted by atomic mass is 79.9. The first kappa shape index (κ1) is 11.1. The van der Waals surface area contributed by atoms with Gasteiger partial charge < -0.3 is 5.73 Å². The SMILES string of the molecule is NC(=S)c1c2c(nc3ccc(Br)cc13)CCC2. The van der Waals surface area contributed by atoms with Gasteiger partial charge in [-0.3, -0.25) is 4.98 Å². The molecule has 2 aromatic rings. The zero-order chi connectivity index (χ0) is 12.0. The number of pyridine rings is 1. The molecule has 1 aliphatic carbocycles. The smallest absolute Gasteiger partial charge is 0.105 e. The Morgan fingerprint density at radius 3 is 2.94 bits per heavy atom. The highest BCUT2D eigenvalue weighted by Crippen LogP contribution is 2.31. The van der Waals surface area contributed by atoms with Crippen LogP contribution in [0.3, 0.4) is 0 Å². The molecule has 0 aliphatic heterocycles. The van der Waals surface area contributed by atoms with Gasteiger partial charge in [-0.15, -0.1) is 0 Å². The van der Waals surface area contributed by atoms with Gasteiger partial charge in [-0.05, 0) is 43.0 Å². The number of hydrogen-bond acceptors (Lipinski definition) is 2. The van der Waals surface area contributed by atoms with Crippen LogP contribution in [0.4, 0.5) is 0 Å². The van der Waals surface area contributed by atoms with E-state index >= 15 is 0 Å². The summed E-state index contributed by atoms with van der Waals surface area (Å²) < 4.78 is 1.03. The number of aryl methyl sites for hydroxylation is 1. The van der Waals surface area contributed by atoms with Crippen molar-refractivity contribution in [1.82, 2.24) is 4.98 Å². The number of fused-ring (bicyclic) bond motifs is 2. The molecule has 86 valence electrons. The van der Waals surface area contributed by atoms with Gasteiger partial charge in [0.1, 0.15) is 4.99 Å². The molecule has 2 N–H and O–H groups in total. The van der Waals surface area contributed by atoms with Gasteiger partial charge in [0.2, 0.25) is 0 Å². The molecular formula is C13H11BrN2S. The zero-order valence-corrected chi connectivity index (χ0v) is 11.6. The molecule has 0 bridgehead atoms. The monoisotopic (exact) mass is 306 g/mol. The van der Waals surface area contributed by atoms with Gasteiger partial charge in [-0.1, -0.05) is 28.1 Å². The predicted octanol–water partition coefficient (Wildman–Crippen LogP) is 3.12. The quantitative estimate of drug-likeness (QED) is 0.823. The molecule has 2 nitrogen and oxygen atoms in total. The molecule has 17 heavy (non-hydrogen) atoms. The molecule has 1 heterocycles. The van der Waals surface area contributed by atoms with Crippen LogP contribution in [0.5, 0.6) is 0 Å². The summed E-state index contributed by atoms with van der Waals surface area (Å²) in [4.78, 5) is 5.18. The Morgan fingerprint density at radius 2 is 2.18 bits per heavy atom. The summed E-state index contributed by atoms with van der Waals surface area (Å²) in [6, 6.07) is 6.06. The van der Waals surface area contributed by atoms with E-state index in [1.54, 1.807) is 0 Å². The van der Waals surface area contributed by atoms with Crippen LogP contribution in [0, 0.1) is 0 Å². The second-order valence-corrected chi connectivity index (χ2v) is 5.65. The van der Waals surface area contributed by atoms with Gasteiger partial charge in [0.15, 0.2) is 0 Å². The summed E-state index contributed by atoms with van der Waals surface area (Å²) in [6.07, 6.45) is 3.23. The summed E-state index contributed by atoms with van der Waals surface area (Å²) >= 11 is 8.69. The molecule has 0 amide bonds. The molecule has 0 spiro atoms. The van der Waals surface area contributed by atoms with Crippen LogP contribution < -0.4 is 5.73 Å². The van der Waals surface area contributed by atoms with Crippen LogP contribution in [0.2, 0.25) is 0 Å². The summed E-state index contributed by atoms with van der Waals surface area (Å²) in [5, 5.41) is 1.06. The number of aromatic nitrogens is 1. The van der Waals surface area contributed by atoms with Crippen LogP contribution in [-0.2, 0) is 12.8 Å². The highest BCUT2D eigenvalue weighted by Gasteiger charge is 2.20. The average Bonchev–Trinajstić information content (AvgIpc) is 2.72. The van der Waals surface area contributed by atoms with Crippen molar-refractivity contribution in [1.29, 1.82) is 0 Å². The third-order valence-electron chi connectivity index (χ3n) is 3.22. The van der Waals surface area contributed by atoms with Crippen molar-refractivity contribution in [3.63, 3.8) is 0 Å². The minimum Gasteiger partial charge on any atom is -0.389 e. The molecule has 4 heteroatoms. The predicted molar refractivity (Wildman–Crippen MR) is 77.4 cm³/mol. The fourth-order valence-corrected chi connectivity index (χ4v) is 3.11. The van der Waals surface area contributed by atoms with Gasteiger partial charge >= 0.3 is 0 Å². The Kier molecular flexibility index (Phi) is 2.64. The first-order chi connectivity index (χ1) is 8.16. The van der Waals surface area contributed by atoms with E-state index in [0.717, 1.165) is 40.2 Å². The van der Waals surface area contributed by atoms with Crippen molar-refractivity contribution in [3.8, 4) is 0 Å². The van der Waals surface area contributed by atoms with Gasteiger partial charge in [-0.2, -0.15) is 0 Å². The van der Waals surface area contributed by atoms with E-state index < -0.39 is 0 Å². The number of rotatable bonds is 1. The molecule has 1 aliphatic rings. The Balaban J connectivity index is 2.45. The first-order valence-corrected chi connectivity index (χ1v) is 6.78. The molecule has 0 unspecified atom stereocenters. The van der Waals surface area contributed by atoms with Gasteiger partial charge in [0.05, 0.1) is 5.52 Å². The lowest BCUT2D eigenvalue weighted by Gasteiger charge is -2.11. The van der Waals surface area contributed by atoms with Crippen molar-refractivity contribution in [2.75, 3.05) is 0 Å². The van der Waals surface area contributed by atoms with Gasteiger partial charge in [-0.25, -0.2) is 0 Å². The van der Waals surface area contributed by atoms with Crippen molar-refractivity contribution in [3.05, 3.63) is 39.5 Å². The van der Waals surface area contributed by atoms with E-state index in [9.17, 15) is 0 Å². The summed E-state index contributed by atoms with van der Waals surface area (Å²) in [6.45, 7) is 0. The largest absolute Gasteiger partial charge is 0.389 e. The zero-order valence-electron chi connectivity index (χ0n) is 9.16. The van der Waals surface area contributed by atoms with Crippen LogP contribution in [-0.4, -0.2) is 9.97 Å². The minimum absolute atomic E-state index is 0.480. The summed E-state index contributed by atoms with van der Waals surface area (Å²) in [5.41, 5.74) is 10.3. The van der Waals surface area contributed by atoms with Gasteiger partial charge in [0.25, 0.3) is 0 Å². The third-order valence-corrected chi connectivity index (χ3v) is 3.92. The van der Waals surface area contributed by atoms with Crippen LogP contribution in [0.25, 0.3) is 10.9 Å². The Bertz CT molecular complexity index is 637. The van der Waals surface area contributed by atoms with Crippen molar-refractivity contribution in [2.45, 2.75) is 19.3 Å². The van der Waals surface area contributed by atoms with Gasteiger partial charge in [0, 0.05) is 21.1 Å². The molecule has 0 fully saturated rings. The number of benzene rings is 1.